The van der Waals surface area contributed by atoms with Gasteiger partial charge in [0.15, 0.2) is 0 Å². The average Bonchev–Trinajstić information content (AvgIpc) is 2.80. The van der Waals surface area contributed by atoms with E-state index in [-0.39, 0.29) is 6.61 Å². The Morgan fingerprint density at radius 2 is 2.11 bits per heavy atom. The first-order valence-corrected chi connectivity index (χ1v) is 5.87. The van der Waals surface area contributed by atoms with Gasteiger partial charge in [-0.25, -0.2) is 9.59 Å². The molecule has 0 radical (unpaired) electrons. The van der Waals surface area contributed by atoms with E-state index in [0.29, 0.717) is 6.61 Å². The molecule has 1 N–H and O–H groups in total. The molecule has 0 unspecified atom stereocenters. The van der Waals surface area contributed by atoms with Crippen molar-refractivity contribution in [3.8, 4) is 0 Å². The van der Waals surface area contributed by atoms with Gasteiger partial charge >= 0.3 is 12.1 Å². The van der Waals surface area contributed by atoms with Crippen molar-refractivity contribution in [1.29, 1.82) is 0 Å². The summed E-state index contributed by atoms with van der Waals surface area (Å²) in [6, 6.07) is 9.08. The summed E-state index contributed by atoms with van der Waals surface area (Å²) in [5.41, 5.74) is 1.02. The van der Waals surface area contributed by atoms with Crippen LogP contribution in [0.5, 0.6) is 0 Å². The molecule has 1 amide bonds. The highest BCUT2D eigenvalue weighted by Gasteiger charge is 2.40. The number of hydrogen-bond donors (Lipinski definition) is 1. The number of methoxy groups -OCH3 is 1. The molecule has 1 heterocycles. The predicted molar refractivity (Wildman–Crippen MR) is 65.3 cm³/mol. The Morgan fingerprint density at radius 3 is 2.79 bits per heavy atom. The van der Waals surface area contributed by atoms with E-state index in [1.807, 2.05) is 30.3 Å². The number of nitrogens with one attached hydrogen (secondary N) is 1. The van der Waals surface area contributed by atoms with Crippen LogP contribution in [0.3, 0.4) is 0 Å². The van der Waals surface area contributed by atoms with E-state index in [4.69, 9.17) is 9.47 Å². The summed E-state index contributed by atoms with van der Waals surface area (Å²) in [6.45, 7) is 0.585. The quantitative estimate of drug-likeness (QED) is 0.799. The smallest absolute Gasteiger partial charge is 0.408 e. The van der Waals surface area contributed by atoms with E-state index in [1.54, 1.807) is 0 Å². The fourth-order valence-electron chi connectivity index (χ4n) is 1.79. The van der Waals surface area contributed by atoms with E-state index in [2.05, 4.69) is 10.1 Å². The van der Waals surface area contributed by atoms with E-state index in [0.717, 1.165) is 5.56 Å². The van der Waals surface area contributed by atoms with E-state index in [1.165, 1.54) is 7.11 Å². The van der Waals surface area contributed by atoms with Gasteiger partial charge in [0.1, 0.15) is 6.04 Å². The van der Waals surface area contributed by atoms with Crippen molar-refractivity contribution < 1.29 is 23.8 Å². The number of ether oxygens (including phenoxy) is 3. The van der Waals surface area contributed by atoms with Gasteiger partial charge in [-0.2, -0.15) is 0 Å². The lowest BCUT2D eigenvalue weighted by Gasteiger charge is -2.14. The van der Waals surface area contributed by atoms with Crippen LogP contribution >= 0.6 is 0 Å². The molecule has 6 heteroatoms. The van der Waals surface area contributed by atoms with Crippen molar-refractivity contribution >= 4 is 12.1 Å². The summed E-state index contributed by atoms with van der Waals surface area (Å²) in [4.78, 5) is 22.5. The maximum absolute atomic E-state index is 11.4. The van der Waals surface area contributed by atoms with Gasteiger partial charge in [0, 0.05) is 0 Å². The second-order valence-electron chi connectivity index (χ2n) is 4.10. The minimum absolute atomic E-state index is 0.181. The van der Waals surface area contributed by atoms with Gasteiger partial charge in [-0.15, -0.1) is 0 Å². The Hall–Kier alpha value is -2.08. The van der Waals surface area contributed by atoms with E-state index < -0.39 is 24.2 Å². The Morgan fingerprint density at radius 1 is 1.37 bits per heavy atom. The summed E-state index contributed by atoms with van der Waals surface area (Å²) < 4.78 is 14.9. The third-order valence-corrected chi connectivity index (χ3v) is 2.75. The van der Waals surface area contributed by atoms with Gasteiger partial charge in [0.05, 0.1) is 20.3 Å². The summed E-state index contributed by atoms with van der Waals surface area (Å²) in [5.74, 6) is -0.591. The number of alkyl carbamates (subject to hydrolysis) is 1. The molecule has 1 saturated heterocycles. The number of rotatable bonds is 5. The molecule has 0 saturated carbocycles. The van der Waals surface area contributed by atoms with Crippen molar-refractivity contribution in [3.05, 3.63) is 35.9 Å². The number of esters is 1. The number of benzene rings is 1. The Kier molecular flexibility index (Phi) is 4.35. The minimum Gasteiger partial charge on any atom is -0.466 e. The lowest BCUT2D eigenvalue weighted by atomic mass is 10.2. The lowest BCUT2D eigenvalue weighted by Crippen LogP contribution is -2.40. The molecule has 102 valence electrons. The Bertz CT molecular complexity index is 448. The predicted octanol–water partition coefficient (Wildman–Crippen LogP) is 0.853. The largest absolute Gasteiger partial charge is 0.466 e. The van der Waals surface area contributed by atoms with Crippen molar-refractivity contribution in [2.45, 2.75) is 18.8 Å². The first kappa shape index (κ1) is 13.4. The highest BCUT2D eigenvalue weighted by Crippen LogP contribution is 2.12. The van der Waals surface area contributed by atoms with Gasteiger partial charge in [-0.05, 0) is 5.56 Å². The molecule has 19 heavy (non-hydrogen) atoms. The number of cyclic esters (lactones) is 1. The van der Waals surface area contributed by atoms with E-state index >= 15 is 0 Å². The SMILES string of the molecule is COC(=O)[C@H]1OC(=O)N[C@H]1COCc1ccccc1. The van der Waals surface area contributed by atoms with Gasteiger partial charge < -0.3 is 19.5 Å². The van der Waals surface area contributed by atoms with Crippen molar-refractivity contribution in [3.63, 3.8) is 0 Å². The normalized spacial score (nSPS) is 21.6. The molecular weight excluding hydrogens is 250 g/mol. The average molecular weight is 265 g/mol. The maximum atomic E-state index is 11.4. The molecule has 0 bridgehead atoms. The van der Waals surface area contributed by atoms with Crippen molar-refractivity contribution in [2.75, 3.05) is 13.7 Å². The van der Waals surface area contributed by atoms with Gasteiger partial charge in [-0.3, -0.25) is 0 Å². The van der Waals surface area contributed by atoms with Crippen molar-refractivity contribution in [2.24, 2.45) is 0 Å². The fraction of sp³-hybridized carbons (Fsp3) is 0.385. The molecule has 1 fully saturated rings. The molecule has 2 rings (SSSR count). The summed E-state index contributed by atoms with van der Waals surface area (Å²) in [5, 5.41) is 2.52. The molecule has 0 aliphatic carbocycles. The zero-order valence-electron chi connectivity index (χ0n) is 10.5. The topological polar surface area (TPSA) is 73.9 Å². The van der Waals surface area contributed by atoms with Gasteiger partial charge in [-0.1, -0.05) is 30.3 Å². The monoisotopic (exact) mass is 265 g/mol. The summed E-state index contributed by atoms with van der Waals surface area (Å²) >= 11 is 0. The number of carbonyl (C=O) groups is 2. The molecule has 1 aliphatic rings. The summed E-state index contributed by atoms with van der Waals surface area (Å²) in [6.07, 6.45) is -1.59. The standard InChI is InChI=1S/C13H15NO5/c1-17-12(15)11-10(14-13(16)19-11)8-18-7-9-5-3-2-4-6-9/h2-6,10-11H,7-8H2,1H3,(H,14,16)/t10-,11-/m0/s1. The van der Waals surface area contributed by atoms with Crippen LogP contribution in [0.4, 0.5) is 4.79 Å². The number of amides is 1. The fourth-order valence-corrected chi connectivity index (χ4v) is 1.79. The first-order chi connectivity index (χ1) is 9.20. The Labute approximate surface area is 110 Å². The Balaban J connectivity index is 1.84. The molecule has 2 atom stereocenters. The van der Waals surface area contributed by atoms with Gasteiger partial charge in [0.2, 0.25) is 6.10 Å². The molecule has 0 aromatic heterocycles. The first-order valence-electron chi connectivity index (χ1n) is 5.87. The highest BCUT2D eigenvalue weighted by molar-refractivity contribution is 5.83. The zero-order chi connectivity index (χ0) is 13.7. The van der Waals surface area contributed by atoms with Crippen LogP contribution in [-0.4, -0.2) is 37.9 Å². The van der Waals surface area contributed by atoms with E-state index in [9.17, 15) is 9.59 Å². The summed E-state index contributed by atoms with van der Waals surface area (Å²) in [7, 11) is 1.25. The van der Waals surface area contributed by atoms with Crippen molar-refractivity contribution in [1.82, 2.24) is 5.32 Å². The number of hydrogen-bond acceptors (Lipinski definition) is 5. The van der Waals surface area contributed by atoms with Crippen LogP contribution in [0.2, 0.25) is 0 Å². The number of carbonyl (C=O) groups excluding carboxylic acids is 2. The van der Waals surface area contributed by atoms with Crippen LogP contribution in [0.25, 0.3) is 0 Å². The minimum atomic E-state index is -0.951. The molecule has 0 spiro atoms. The lowest BCUT2D eigenvalue weighted by molar-refractivity contribution is -0.150. The molecular formula is C13H15NO5. The molecule has 1 aromatic carbocycles. The van der Waals surface area contributed by atoms with Crippen LogP contribution in [-0.2, 0) is 25.6 Å². The molecule has 1 aliphatic heterocycles. The van der Waals surface area contributed by atoms with Gasteiger partial charge in [0.25, 0.3) is 0 Å². The van der Waals surface area contributed by atoms with Crippen LogP contribution in [0, 0.1) is 0 Å². The zero-order valence-corrected chi connectivity index (χ0v) is 10.5. The maximum Gasteiger partial charge on any atom is 0.408 e. The molecule has 1 aromatic rings. The van der Waals surface area contributed by atoms with Crippen LogP contribution < -0.4 is 5.32 Å². The third-order valence-electron chi connectivity index (χ3n) is 2.75. The van der Waals surface area contributed by atoms with Crippen LogP contribution in [0.1, 0.15) is 5.56 Å². The highest BCUT2D eigenvalue weighted by atomic mass is 16.6. The second kappa shape index (κ2) is 6.19. The molecule has 6 nitrogen and oxygen atoms in total. The second-order valence-corrected chi connectivity index (χ2v) is 4.10. The van der Waals surface area contributed by atoms with Crippen LogP contribution in [0.15, 0.2) is 30.3 Å². The third kappa shape index (κ3) is 3.45.